The van der Waals surface area contributed by atoms with E-state index in [2.05, 4.69) is 22.4 Å². The highest BCUT2D eigenvalue weighted by atomic mass is 19.1. The Balaban J connectivity index is 1.36. The number of hydrogen-bond donors (Lipinski definition) is 1. The van der Waals surface area contributed by atoms with E-state index in [-0.39, 0.29) is 11.9 Å². The first-order valence-electron chi connectivity index (χ1n) is 11.5. The lowest BCUT2D eigenvalue weighted by Crippen LogP contribution is -2.17. The fourth-order valence-electron chi connectivity index (χ4n) is 4.60. The maximum atomic E-state index is 14.2. The molecule has 0 saturated carbocycles. The number of benzene rings is 1. The van der Waals surface area contributed by atoms with Crippen LogP contribution in [0.5, 0.6) is 0 Å². The highest BCUT2D eigenvalue weighted by Crippen LogP contribution is 2.28. The molecule has 8 heteroatoms. The van der Waals surface area contributed by atoms with Crippen molar-refractivity contribution in [1.29, 1.82) is 0 Å². The van der Waals surface area contributed by atoms with E-state index in [9.17, 15) is 4.39 Å². The zero-order valence-corrected chi connectivity index (χ0v) is 19.0. The van der Waals surface area contributed by atoms with Crippen LogP contribution >= 0.6 is 0 Å². The van der Waals surface area contributed by atoms with Crippen molar-refractivity contribution in [3.8, 4) is 11.1 Å². The summed E-state index contributed by atoms with van der Waals surface area (Å²) in [5.74, 6) is 1.18. The van der Waals surface area contributed by atoms with Crippen LogP contribution < -0.4 is 5.32 Å². The fraction of sp³-hybridized carbons (Fsp3) is 0.400. The van der Waals surface area contributed by atoms with E-state index < -0.39 is 0 Å². The summed E-state index contributed by atoms with van der Waals surface area (Å²) in [6.07, 6.45) is 11.7. The van der Waals surface area contributed by atoms with Gasteiger partial charge in [0.15, 0.2) is 5.65 Å². The minimum Gasteiger partial charge on any atom is -0.381 e. The molecule has 0 radical (unpaired) electrons. The first-order chi connectivity index (χ1) is 16.1. The number of aryl methyl sites for hydroxylation is 2. The maximum absolute atomic E-state index is 14.2. The molecule has 7 nitrogen and oxygen atoms in total. The molecule has 1 fully saturated rings. The topological polar surface area (TPSA) is 69.3 Å². The predicted molar refractivity (Wildman–Crippen MR) is 125 cm³/mol. The second-order valence-electron chi connectivity index (χ2n) is 8.85. The van der Waals surface area contributed by atoms with Crippen LogP contribution in [-0.4, -0.2) is 37.6 Å². The SMILES string of the molecule is CC(Nc1ccn2ncc(-c3cnn(C)c3)c2n1)c1cc(F)ccc1CCC1CCOCC1. The van der Waals surface area contributed by atoms with Gasteiger partial charge >= 0.3 is 0 Å². The molecule has 3 aromatic heterocycles. The first kappa shape index (κ1) is 21.6. The summed E-state index contributed by atoms with van der Waals surface area (Å²) in [4.78, 5) is 4.80. The molecule has 1 saturated heterocycles. The van der Waals surface area contributed by atoms with Crippen molar-refractivity contribution >= 4 is 11.5 Å². The van der Waals surface area contributed by atoms with E-state index >= 15 is 0 Å². The Hall–Kier alpha value is -3.26. The van der Waals surface area contributed by atoms with Crippen LogP contribution in [-0.2, 0) is 18.2 Å². The number of nitrogens with zero attached hydrogens (tertiary/aromatic N) is 5. The summed E-state index contributed by atoms with van der Waals surface area (Å²) >= 11 is 0. The summed E-state index contributed by atoms with van der Waals surface area (Å²) in [5.41, 5.74) is 4.79. The van der Waals surface area contributed by atoms with Gasteiger partial charge in [-0.05, 0) is 67.9 Å². The summed E-state index contributed by atoms with van der Waals surface area (Å²) < 4.78 is 23.2. The van der Waals surface area contributed by atoms with E-state index in [4.69, 9.17) is 9.72 Å². The Morgan fingerprint density at radius 2 is 2.03 bits per heavy atom. The van der Waals surface area contributed by atoms with E-state index in [1.807, 2.05) is 31.6 Å². The van der Waals surface area contributed by atoms with Gasteiger partial charge in [0.2, 0.25) is 0 Å². The third-order valence-electron chi connectivity index (χ3n) is 6.49. The summed E-state index contributed by atoms with van der Waals surface area (Å²) in [7, 11) is 1.88. The fourth-order valence-corrected chi connectivity index (χ4v) is 4.60. The van der Waals surface area contributed by atoms with Gasteiger partial charge in [0.1, 0.15) is 11.6 Å². The second kappa shape index (κ2) is 9.31. The molecular weight excluding hydrogens is 419 g/mol. The number of hydrogen-bond acceptors (Lipinski definition) is 5. The van der Waals surface area contributed by atoms with E-state index in [1.165, 1.54) is 5.56 Å². The lowest BCUT2D eigenvalue weighted by Gasteiger charge is -2.23. The lowest BCUT2D eigenvalue weighted by atomic mass is 9.90. The van der Waals surface area contributed by atoms with E-state index in [0.29, 0.717) is 5.92 Å². The molecule has 33 heavy (non-hydrogen) atoms. The molecule has 1 unspecified atom stereocenters. The van der Waals surface area contributed by atoms with Gasteiger partial charge in [0, 0.05) is 43.8 Å². The number of rotatable bonds is 7. The zero-order valence-electron chi connectivity index (χ0n) is 19.0. The van der Waals surface area contributed by atoms with Crippen molar-refractivity contribution in [3.63, 3.8) is 0 Å². The average molecular weight is 449 g/mol. The molecule has 1 aromatic carbocycles. The minimum atomic E-state index is -0.216. The van der Waals surface area contributed by atoms with E-state index in [0.717, 1.165) is 67.1 Å². The van der Waals surface area contributed by atoms with Gasteiger partial charge in [-0.15, -0.1) is 0 Å². The summed E-state index contributed by atoms with van der Waals surface area (Å²) in [5, 5.41) is 12.1. The third kappa shape index (κ3) is 4.75. The van der Waals surface area contributed by atoms with Gasteiger partial charge in [0.05, 0.1) is 18.4 Å². The highest BCUT2D eigenvalue weighted by molar-refractivity contribution is 5.76. The first-order valence-corrected chi connectivity index (χ1v) is 11.5. The van der Waals surface area contributed by atoms with Crippen LogP contribution in [0.15, 0.2) is 49.1 Å². The number of halogens is 1. The predicted octanol–water partition coefficient (Wildman–Crippen LogP) is 4.80. The van der Waals surface area contributed by atoms with Crippen molar-refractivity contribution in [1.82, 2.24) is 24.4 Å². The van der Waals surface area contributed by atoms with Crippen molar-refractivity contribution < 1.29 is 9.13 Å². The average Bonchev–Trinajstić information content (AvgIpc) is 3.44. The Morgan fingerprint density at radius 1 is 1.18 bits per heavy atom. The highest BCUT2D eigenvalue weighted by Gasteiger charge is 2.18. The molecular formula is C25H29FN6O. The molecule has 0 bridgehead atoms. The van der Waals surface area contributed by atoms with Gasteiger partial charge in [-0.1, -0.05) is 6.07 Å². The molecule has 1 aliphatic rings. The Bertz CT molecular complexity index is 1240. The third-order valence-corrected chi connectivity index (χ3v) is 6.49. The number of fused-ring (bicyclic) bond motifs is 1. The van der Waals surface area contributed by atoms with Crippen LogP contribution in [0.3, 0.4) is 0 Å². The van der Waals surface area contributed by atoms with Crippen molar-refractivity contribution in [3.05, 3.63) is 66.0 Å². The molecule has 5 rings (SSSR count). The molecule has 172 valence electrons. The molecule has 0 spiro atoms. The molecule has 4 heterocycles. The van der Waals surface area contributed by atoms with Gasteiger partial charge in [-0.2, -0.15) is 10.2 Å². The van der Waals surface area contributed by atoms with Crippen molar-refractivity contribution in [2.45, 2.75) is 38.6 Å². The molecule has 1 N–H and O–H groups in total. The number of ether oxygens (including phenoxy) is 1. The Kier molecular flexibility index (Phi) is 6.09. The molecule has 0 aliphatic carbocycles. The smallest absolute Gasteiger partial charge is 0.165 e. The van der Waals surface area contributed by atoms with Crippen LogP contribution in [0, 0.1) is 11.7 Å². The number of anilines is 1. The van der Waals surface area contributed by atoms with Crippen LogP contribution in [0.1, 0.15) is 43.4 Å². The van der Waals surface area contributed by atoms with Gasteiger partial charge in [-0.25, -0.2) is 13.9 Å². The lowest BCUT2D eigenvalue weighted by molar-refractivity contribution is 0.0640. The molecule has 4 aromatic rings. The van der Waals surface area contributed by atoms with Crippen molar-refractivity contribution in [2.24, 2.45) is 13.0 Å². The standard InChI is InChI=1S/C25H29FN6O/c1-17(22-13-21(26)6-5-19(22)4-3-18-8-11-33-12-9-18)29-24-7-10-32-25(30-24)23(15-28-32)20-14-27-31(2)16-20/h5-7,10,13-18H,3-4,8-9,11-12H2,1-2H3,(H,29,30). The molecule has 0 amide bonds. The van der Waals surface area contributed by atoms with Crippen molar-refractivity contribution in [2.75, 3.05) is 18.5 Å². The quantitative estimate of drug-likeness (QED) is 0.440. The largest absolute Gasteiger partial charge is 0.381 e. The van der Waals surface area contributed by atoms with E-state index in [1.54, 1.807) is 33.7 Å². The summed E-state index contributed by atoms with van der Waals surface area (Å²) in [6, 6.07) is 6.94. The Labute approximate surface area is 192 Å². The number of aromatic nitrogens is 5. The second-order valence-corrected chi connectivity index (χ2v) is 8.85. The van der Waals surface area contributed by atoms with Crippen LogP contribution in [0.4, 0.5) is 10.2 Å². The zero-order chi connectivity index (χ0) is 22.8. The molecule has 1 atom stereocenters. The van der Waals surface area contributed by atoms with Gasteiger partial charge < -0.3 is 10.1 Å². The van der Waals surface area contributed by atoms with Crippen LogP contribution in [0.2, 0.25) is 0 Å². The van der Waals surface area contributed by atoms with Gasteiger partial charge in [0.25, 0.3) is 0 Å². The summed E-state index contributed by atoms with van der Waals surface area (Å²) in [6.45, 7) is 3.75. The van der Waals surface area contributed by atoms with Gasteiger partial charge in [-0.3, -0.25) is 4.68 Å². The Morgan fingerprint density at radius 3 is 2.82 bits per heavy atom. The molecule has 1 aliphatic heterocycles. The normalized spacial score (nSPS) is 15.7. The van der Waals surface area contributed by atoms with Crippen LogP contribution in [0.25, 0.3) is 16.8 Å². The maximum Gasteiger partial charge on any atom is 0.165 e. The minimum absolute atomic E-state index is 0.0925. The number of nitrogens with one attached hydrogen (secondary N) is 1. The monoisotopic (exact) mass is 448 g/mol.